The number of amides is 3. The van der Waals surface area contributed by atoms with Crippen LogP contribution in [0, 0.1) is 0 Å². The Bertz CT molecular complexity index is 1090. The minimum Gasteiger partial charge on any atom is -0.467 e. The van der Waals surface area contributed by atoms with Crippen molar-refractivity contribution in [2.24, 2.45) is 7.05 Å². The van der Waals surface area contributed by atoms with Gasteiger partial charge in [0, 0.05) is 25.0 Å². The lowest BCUT2D eigenvalue weighted by atomic mass is 10.3. The van der Waals surface area contributed by atoms with Crippen LogP contribution in [0.3, 0.4) is 0 Å². The largest absolute Gasteiger partial charge is 0.467 e. The number of furan rings is 1. The van der Waals surface area contributed by atoms with Gasteiger partial charge in [-0.2, -0.15) is 0 Å². The Labute approximate surface area is 196 Å². The summed E-state index contributed by atoms with van der Waals surface area (Å²) in [6.45, 7) is 0.681. The smallest absolute Gasteiger partial charge is 0.322 e. The van der Waals surface area contributed by atoms with Gasteiger partial charge in [0.2, 0.25) is 5.91 Å². The van der Waals surface area contributed by atoms with E-state index in [1.807, 2.05) is 36.0 Å². The third-order valence-electron chi connectivity index (χ3n) is 5.43. The Kier molecular flexibility index (Phi) is 6.77. The van der Waals surface area contributed by atoms with Crippen molar-refractivity contribution in [2.45, 2.75) is 32.0 Å². The van der Waals surface area contributed by atoms with Crippen molar-refractivity contribution in [1.82, 2.24) is 14.4 Å². The van der Waals surface area contributed by atoms with Crippen molar-refractivity contribution in [2.75, 3.05) is 11.9 Å². The van der Waals surface area contributed by atoms with Gasteiger partial charge in [-0.15, -0.1) is 0 Å². The van der Waals surface area contributed by atoms with Crippen LogP contribution in [0.15, 0.2) is 59.3 Å². The Balaban J connectivity index is 1.49. The van der Waals surface area contributed by atoms with Crippen LogP contribution in [0.1, 0.15) is 24.3 Å². The summed E-state index contributed by atoms with van der Waals surface area (Å²) in [7, 11) is 1.93. The molecule has 0 spiro atoms. The number of hydrogen-bond acceptors (Lipinski definition) is 3. The maximum absolute atomic E-state index is 13.3. The van der Waals surface area contributed by atoms with Crippen LogP contribution >= 0.6 is 23.2 Å². The van der Waals surface area contributed by atoms with E-state index in [0.29, 0.717) is 29.6 Å². The highest BCUT2D eigenvalue weighted by Crippen LogP contribution is 2.32. The molecule has 3 aromatic rings. The average molecular weight is 475 g/mol. The minimum atomic E-state index is -0.373. The van der Waals surface area contributed by atoms with E-state index in [2.05, 4.69) is 5.32 Å². The Morgan fingerprint density at radius 3 is 2.59 bits per heavy atom. The SMILES string of the molecule is Cn1cccc1CN(Cc1ccco1)C(=O)CN(C(=O)Nc1cccc(Cl)c1Cl)C1CC1. The summed E-state index contributed by atoms with van der Waals surface area (Å²) in [4.78, 5) is 29.6. The predicted octanol–water partition coefficient (Wildman–Crippen LogP) is 5.15. The number of hydrogen-bond donors (Lipinski definition) is 1. The molecule has 1 fully saturated rings. The number of nitrogens with one attached hydrogen (secondary N) is 1. The first-order valence-corrected chi connectivity index (χ1v) is 11.1. The molecule has 0 atom stereocenters. The van der Waals surface area contributed by atoms with E-state index in [9.17, 15) is 9.59 Å². The molecular weight excluding hydrogens is 451 g/mol. The summed E-state index contributed by atoms with van der Waals surface area (Å²) < 4.78 is 7.43. The summed E-state index contributed by atoms with van der Waals surface area (Å²) in [5.74, 6) is 0.516. The molecule has 0 radical (unpaired) electrons. The normalized spacial score (nSPS) is 13.1. The van der Waals surface area contributed by atoms with Crippen molar-refractivity contribution in [3.05, 3.63) is 76.4 Å². The summed E-state index contributed by atoms with van der Waals surface area (Å²) in [6, 6.07) is 12.2. The first-order chi connectivity index (χ1) is 15.4. The fourth-order valence-electron chi connectivity index (χ4n) is 3.47. The molecule has 3 amide bonds. The van der Waals surface area contributed by atoms with E-state index < -0.39 is 0 Å². The number of halogens is 2. The van der Waals surface area contributed by atoms with Gasteiger partial charge >= 0.3 is 6.03 Å². The fraction of sp³-hybridized carbons (Fsp3) is 0.304. The van der Waals surface area contributed by atoms with Gasteiger partial charge in [-0.3, -0.25) is 4.79 Å². The molecule has 1 N–H and O–H groups in total. The maximum atomic E-state index is 13.3. The third kappa shape index (κ3) is 5.29. The van der Waals surface area contributed by atoms with Crippen molar-refractivity contribution in [3.63, 3.8) is 0 Å². The average Bonchev–Trinajstić information content (AvgIpc) is 3.33. The van der Waals surface area contributed by atoms with Gasteiger partial charge < -0.3 is 24.1 Å². The highest BCUT2D eigenvalue weighted by Gasteiger charge is 2.35. The topological polar surface area (TPSA) is 70.7 Å². The van der Waals surface area contributed by atoms with Crippen molar-refractivity contribution in [1.29, 1.82) is 0 Å². The van der Waals surface area contributed by atoms with Crippen LogP contribution in [0.5, 0.6) is 0 Å². The number of carbonyl (C=O) groups is 2. The molecule has 1 aliphatic rings. The van der Waals surface area contributed by atoms with Crippen molar-refractivity contribution >= 4 is 40.8 Å². The Morgan fingerprint density at radius 2 is 1.94 bits per heavy atom. The second kappa shape index (κ2) is 9.71. The first kappa shape index (κ1) is 22.3. The molecule has 168 valence electrons. The summed E-state index contributed by atoms with van der Waals surface area (Å²) in [6.07, 6.45) is 5.24. The third-order valence-corrected chi connectivity index (χ3v) is 6.25. The van der Waals surface area contributed by atoms with Gasteiger partial charge in [0.05, 0.1) is 35.1 Å². The molecule has 4 rings (SSSR count). The van der Waals surface area contributed by atoms with Crippen LogP contribution < -0.4 is 5.32 Å². The molecular formula is C23H24Cl2N4O3. The highest BCUT2D eigenvalue weighted by atomic mass is 35.5. The molecule has 1 aromatic carbocycles. The molecule has 0 saturated heterocycles. The Morgan fingerprint density at radius 1 is 1.12 bits per heavy atom. The molecule has 1 aliphatic carbocycles. The number of benzene rings is 1. The van der Waals surface area contributed by atoms with Crippen molar-refractivity contribution < 1.29 is 14.0 Å². The van der Waals surface area contributed by atoms with E-state index in [4.69, 9.17) is 27.6 Å². The lowest BCUT2D eigenvalue weighted by Gasteiger charge is -2.27. The molecule has 32 heavy (non-hydrogen) atoms. The predicted molar refractivity (Wildman–Crippen MR) is 124 cm³/mol. The fourth-order valence-corrected chi connectivity index (χ4v) is 3.81. The van der Waals surface area contributed by atoms with Gasteiger partial charge in [-0.1, -0.05) is 29.3 Å². The second-order valence-corrected chi connectivity index (χ2v) is 8.62. The molecule has 0 aliphatic heterocycles. The highest BCUT2D eigenvalue weighted by molar-refractivity contribution is 6.43. The zero-order chi connectivity index (χ0) is 22.7. The quantitative estimate of drug-likeness (QED) is 0.490. The number of anilines is 1. The number of urea groups is 1. The Hall–Kier alpha value is -2.90. The molecule has 2 aromatic heterocycles. The number of carbonyl (C=O) groups excluding carboxylic acids is 2. The van der Waals surface area contributed by atoms with Gasteiger partial charge in [0.15, 0.2) is 0 Å². The van der Waals surface area contributed by atoms with E-state index in [-0.39, 0.29) is 29.5 Å². The molecule has 1 saturated carbocycles. The number of aromatic nitrogens is 1. The van der Waals surface area contributed by atoms with E-state index in [1.165, 1.54) is 0 Å². The summed E-state index contributed by atoms with van der Waals surface area (Å²) >= 11 is 12.3. The van der Waals surface area contributed by atoms with Crippen LogP contribution in [0.2, 0.25) is 10.0 Å². The van der Waals surface area contributed by atoms with E-state index in [1.54, 1.807) is 40.3 Å². The van der Waals surface area contributed by atoms with E-state index >= 15 is 0 Å². The molecule has 0 unspecified atom stereocenters. The first-order valence-electron chi connectivity index (χ1n) is 10.3. The lowest BCUT2D eigenvalue weighted by molar-refractivity contribution is -0.133. The van der Waals surface area contributed by atoms with Gasteiger partial charge in [-0.05, 0) is 49.2 Å². The second-order valence-electron chi connectivity index (χ2n) is 7.83. The summed E-state index contributed by atoms with van der Waals surface area (Å²) in [5.41, 5.74) is 1.40. The lowest BCUT2D eigenvalue weighted by Crippen LogP contribution is -2.45. The van der Waals surface area contributed by atoms with Crippen LogP contribution in [-0.2, 0) is 24.9 Å². The van der Waals surface area contributed by atoms with E-state index in [0.717, 1.165) is 18.5 Å². The number of aryl methyl sites for hydroxylation is 1. The maximum Gasteiger partial charge on any atom is 0.322 e. The van der Waals surface area contributed by atoms with Crippen molar-refractivity contribution in [3.8, 4) is 0 Å². The molecule has 2 heterocycles. The summed E-state index contributed by atoms with van der Waals surface area (Å²) in [5, 5.41) is 3.42. The molecule has 9 heteroatoms. The van der Waals surface area contributed by atoms with Crippen LogP contribution in [-0.4, -0.2) is 38.9 Å². The molecule has 7 nitrogen and oxygen atoms in total. The standard InChI is InChI=1S/C23H24Cl2N4O3/c1-27-11-3-5-17(27)13-28(14-18-6-4-12-32-18)21(30)15-29(16-9-10-16)23(31)26-20-8-2-7-19(24)22(20)25/h2-8,11-12,16H,9-10,13-15H2,1H3,(H,26,31). The van der Waals surface area contributed by atoms with Gasteiger partial charge in [0.25, 0.3) is 0 Å². The molecule has 0 bridgehead atoms. The van der Waals surface area contributed by atoms with Gasteiger partial charge in [0.1, 0.15) is 12.3 Å². The monoisotopic (exact) mass is 474 g/mol. The zero-order valence-electron chi connectivity index (χ0n) is 17.6. The van der Waals surface area contributed by atoms with Crippen LogP contribution in [0.25, 0.3) is 0 Å². The number of rotatable bonds is 8. The number of nitrogens with zero attached hydrogens (tertiary/aromatic N) is 3. The van der Waals surface area contributed by atoms with Gasteiger partial charge in [-0.25, -0.2) is 4.79 Å². The zero-order valence-corrected chi connectivity index (χ0v) is 19.1. The van der Waals surface area contributed by atoms with Crippen LogP contribution in [0.4, 0.5) is 10.5 Å². The minimum absolute atomic E-state index is 0.0254.